The zero-order valence-corrected chi connectivity index (χ0v) is 10.1. The second-order valence-electron chi connectivity index (χ2n) is 4.01. The van der Waals surface area contributed by atoms with Crippen molar-refractivity contribution in [2.75, 3.05) is 0 Å². The molecule has 0 aliphatic heterocycles. The van der Waals surface area contributed by atoms with Crippen molar-refractivity contribution in [1.82, 2.24) is 14.5 Å². The van der Waals surface area contributed by atoms with Crippen LogP contribution in [0.5, 0.6) is 0 Å². The van der Waals surface area contributed by atoms with E-state index in [4.69, 9.17) is 0 Å². The molecule has 2 aromatic heterocycles. The Morgan fingerprint density at radius 1 is 1.00 bits per heavy atom. The van der Waals surface area contributed by atoms with Crippen LogP contribution in [0.4, 0.5) is 0 Å². The molecule has 2 heterocycles. The Hall–Kier alpha value is -2.42. The van der Waals surface area contributed by atoms with Crippen molar-refractivity contribution in [3.8, 4) is 5.82 Å². The zero-order chi connectivity index (χ0) is 12.4. The molecule has 0 fully saturated rings. The molecule has 0 N–H and O–H groups in total. The number of aromatic nitrogens is 3. The summed E-state index contributed by atoms with van der Waals surface area (Å²) in [6.07, 6.45) is 7.85. The molecule has 3 heteroatoms. The molecule has 0 aliphatic rings. The average molecular weight is 235 g/mol. The molecule has 0 spiro atoms. The van der Waals surface area contributed by atoms with Crippen molar-refractivity contribution in [2.45, 2.75) is 6.92 Å². The number of para-hydroxylation sites is 1. The summed E-state index contributed by atoms with van der Waals surface area (Å²) < 4.78 is 2.01. The number of benzene rings is 1. The molecular formula is C15H13N3. The van der Waals surface area contributed by atoms with Crippen molar-refractivity contribution in [3.63, 3.8) is 0 Å². The standard InChI is InChI=1S/C15H13N3/c1-2-7-14-16-13-9-4-3-8-12(13)15(17-14)18-10-5-6-11-18/h2-11H,1H3. The summed E-state index contributed by atoms with van der Waals surface area (Å²) in [4.78, 5) is 9.12. The number of hydrogen-bond donors (Lipinski definition) is 0. The first-order valence-electron chi connectivity index (χ1n) is 5.91. The lowest BCUT2D eigenvalue weighted by Crippen LogP contribution is -2.00. The fourth-order valence-electron chi connectivity index (χ4n) is 1.97. The molecule has 0 saturated carbocycles. The fraction of sp³-hybridized carbons (Fsp3) is 0.0667. The quantitative estimate of drug-likeness (QED) is 0.681. The van der Waals surface area contributed by atoms with Gasteiger partial charge in [0.2, 0.25) is 0 Å². The maximum atomic E-state index is 4.60. The van der Waals surface area contributed by atoms with Gasteiger partial charge in [-0.2, -0.15) is 0 Å². The summed E-state index contributed by atoms with van der Waals surface area (Å²) in [6.45, 7) is 1.97. The summed E-state index contributed by atoms with van der Waals surface area (Å²) >= 11 is 0. The Kier molecular flexibility index (Phi) is 2.65. The summed E-state index contributed by atoms with van der Waals surface area (Å²) in [5.74, 6) is 1.65. The number of fused-ring (bicyclic) bond motifs is 1. The summed E-state index contributed by atoms with van der Waals surface area (Å²) in [6, 6.07) is 12.0. The maximum absolute atomic E-state index is 4.60. The van der Waals surface area contributed by atoms with Gasteiger partial charge in [0.15, 0.2) is 5.82 Å². The molecule has 0 unspecified atom stereocenters. The summed E-state index contributed by atoms with van der Waals surface area (Å²) in [5, 5.41) is 1.06. The van der Waals surface area contributed by atoms with Gasteiger partial charge in [-0.25, -0.2) is 9.97 Å². The third-order valence-corrected chi connectivity index (χ3v) is 2.77. The molecule has 0 saturated heterocycles. The number of nitrogens with zero attached hydrogens (tertiary/aromatic N) is 3. The first-order valence-corrected chi connectivity index (χ1v) is 5.91. The molecule has 1 aromatic carbocycles. The minimum atomic E-state index is 0.736. The van der Waals surface area contributed by atoms with Crippen LogP contribution in [0.2, 0.25) is 0 Å². The first kappa shape index (κ1) is 10.7. The molecule has 0 bridgehead atoms. The average Bonchev–Trinajstić information content (AvgIpc) is 2.92. The van der Waals surface area contributed by atoms with Gasteiger partial charge in [-0.15, -0.1) is 0 Å². The van der Waals surface area contributed by atoms with Crippen LogP contribution in [0.15, 0.2) is 54.9 Å². The number of allylic oxidation sites excluding steroid dienone is 1. The molecule has 3 aromatic rings. The van der Waals surface area contributed by atoms with E-state index in [1.807, 2.05) is 72.4 Å². The van der Waals surface area contributed by atoms with E-state index >= 15 is 0 Å². The molecule has 0 amide bonds. The Morgan fingerprint density at radius 3 is 2.56 bits per heavy atom. The van der Waals surface area contributed by atoms with Crippen molar-refractivity contribution in [3.05, 3.63) is 60.7 Å². The van der Waals surface area contributed by atoms with E-state index in [0.717, 1.165) is 22.5 Å². The van der Waals surface area contributed by atoms with Gasteiger partial charge in [-0.3, -0.25) is 0 Å². The van der Waals surface area contributed by atoms with Gasteiger partial charge in [0, 0.05) is 17.8 Å². The maximum Gasteiger partial charge on any atom is 0.154 e. The van der Waals surface area contributed by atoms with Crippen LogP contribution in [0, 0.1) is 0 Å². The van der Waals surface area contributed by atoms with Crippen LogP contribution in [-0.2, 0) is 0 Å². The highest BCUT2D eigenvalue weighted by Gasteiger charge is 2.06. The largest absolute Gasteiger partial charge is 0.308 e. The fourth-order valence-corrected chi connectivity index (χ4v) is 1.97. The second kappa shape index (κ2) is 4.45. The second-order valence-corrected chi connectivity index (χ2v) is 4.01. The topological polar surface area (TPSA) is 30.7 Å². The highest BCUT2D eigenvalue weighted by Crippen LogP contribution is 2.19. The van der Waals surface area contributed by atoms with Crippen LogP contribution < -0.4 is 0 Å². The van der Waals surface area contributed by atoms with E-state index in [9.17, 15) is 0 Å². The van der Waals surface area contributed by atoms with Gasteiger partial charge in [0.25, 0.3) is 0 Å². The summed E-state index contributed by atoms with van der Waals surface area (Å²) in [5.41, 5.74) is 0.962. The van der Waals surface area contributed by atoms with Gasteiger partial charge in [0.1, 0.15) is 5.82 Å². The Morgan fingerprint density at radius 2 is 1.78 bits per heavy atom. The molecule has 0 aliphatic carbocycles. The molecule has 0 radical (unpaired) electrons. The van der Waals surface area contributed by atoms with Gasteiger partial charge in [0.05, 0.1) is 5.52 Å². The lowest BCUT2D eigenvalue weighted by molar-refractivity contribution is 0.998. The van der Waals surface area contributed by atoms with Gasteiger partial charge < -0.3 is 4.57 Å². The lowest BCUT2D eigenvalue weighted by atomic mass is 10.2. The van der Waals surface area contributed by atoms with Crippen molar-refractivity contribution in [2.24, 2.45) is 0 Å². The predicted molar refractivity (Wildman–Crippen MR) is 73.6 cm³/mol. The van der Waals surface area contributed by atoms with Crippen molar-refractivity contribution < 1.29 is 0 Å². The van der Waals surface area contributed by atoms with Gasteiger partial charge >= 0.3 is 0 Å². The van der Waals surface area contributed by atoms with Crippen molar-refractivity contribution in [1.29, 1.82) is 0 Å². The van der Waals surface area contributed by atoms with E-state index in [1.54, 1.807) is 0 Å². The predicted octanol–water partition coefficient (Wildman–Crippen LogP) is 3.45. The molecule has 3 nitrogen and oxygen atoms in total. The number of rotatable bonds is 2. The van der Waals surface area contributed by atoms with E-state index in [-0.39, 0.29) is 0 Å². The molecule has 0 atom stereocenters. The number of hydrogen-bond acceptors (Lipinski definition) is 2. The van der Waals surface area contributed by atoms with E-state index in [1.165, 1.54) is 0 Å². The van der Waals surface area contributed by atoms with Crippen LogP contribution in [0.1, 0.15) is 12.7 Å². The third kappa shape index (κ3) is 1.80. The van der Waals surface area contributed by atoms with Crippen LogP contribution in [-0.4, -0.2) is 14.5 Å². The van der Waals surface area contributed by atoms with Gasteiger partial charge in [-0.05, 0) is 37.3 Å². The Bertz CT molecular complexity index is 697. The van der Waals surface area contributed by atoms with E-state index in [2.05, 4.69) is 9.97 Å². The molecule has 18 heavy (non-hydrogen) atoms. The van der Waals surface area contributed by atoms with Crippen LogP contribution in [0.25, 0.3) is 22.8 Å². The highest BCUT2D eigenvalue weighted by atomic mass is 15.1. The molecule has 3 rings (SSSR count). The van der Waals surface area contributed by atoms with E-state index in [0.29, 0.717) is 0 Å². The van der Waals surface area contributed by atoms with E-state index < -0.39 is 0 Å². The highest BCUT2D eigenvalue weighted by molar-refractivity contribution is 5.85. The molecule has 88 valence electrons. The zero-order valence-electron chi connectivity index (χ0n) is 10.1. The first-order chi connectivity index (χ1) is 8.88. The monoisotopic (exact) mass is 235 g/mol. The minimum Gasteiger partial charge on any atom is -0.308 e. The smallest absolute Gasteiger partial charge is 0.154 e. The van der Waals surface area contributed by atoms with Crippen molar-refractivity contribution >= 4 is 17.0 Å². The Labute approximate surface area is 105 Å². The van der Waals surface area contributed by atoms with Crippen LogP contribution >= 0.6 is 0 Å². The SMILES string of the molecule is CC=Cc1nc(-n2cccc2)c2ccccc2n1. The Balaban J connectivity index is 2.33. The third-order valence-electron chi connectivity index (χ3n) is 2.77. The van der Waals surface area contributed by atoms with Gasteiger partial charge in [-0.1, -0.05) is 18.2 Å². The van der Waals surface area contributed by atoms with Crippen LogP contribution in [0.3, 0.4) is 0 Å². The molecular weight excluding hydrogens is 222 g/mol. The summed E-state index contributed by atoms with van der Waals surface area (Å²) in [7, 11) is 0. The minimum absolute atomic E-state index is 0.736. The lowest BCUT2D eigenvalue weighted by Gasteiger charge is -2.07. The normalized spacial score (nSPS) is 11.4.